The lowest BCUT2D eigenvalue weighted by Gasteiger charge is -2.35. The van der Waals surface area contributed by atoms with Crippen LogP contribution in [0.3, 0.4) is 0 Å². The highest BCUT2D eigenvalue weighted by atomic mass is 32.3. The molecule has 55 heavy (non-hydrogen) atoms. The zero-order chi connectivity index (χ0) is 41.5. The molecule has 0 fully saturated rings. The number of ketones is 1. The van der Waals surface area contributed by atoms with Crippen molar-refractivity contribution >= 4 is 51.7 Å². The van der Waals surface area contributed by atoms with Gasteiger partial charge in [0, 0.05) is 39.3 Å². The maximum absolute atomic E-state index is 14.1. The number of nitrogens with zero attached hydrogens (tertiary/aromatic N) is 2. The molecule has 0 heterocycles. The number of hydrogen-bond donors (Lipinski definition) is 6. The van der Waals surface area contributed by atoms with Gasteiger partial charge in [-0.15, -0.1) is 0 Å². The maximum atomic E-state index is 14.1. The van der Waals surface area contributed by atoms with Gasteiger partial charge in [-0.2, -0.15) is 8.42 Å². The molecule has 2 rings (SSSR count). The van der Waals surface area contributed by atoms with Crippen LogP contribution >= 0.6 is 0 Å². The fourth-order valence-corrected chi connectivity index (χ4v) is 6.13. The summed E-state index contributed by atoms with van der Waals surface area (Å²) in [5.41, 5.74) is 12.6. The Labute approximate surface area is 319 Å². The van der Waals surface area contributed by atoms with Crippen molar-refractivity contribution in [1.82, 2.24) is 15.1 Å². The number of aliphatic carboxylic acids is 2. The number of nitrogens with one attached hydrogen (secondary N) is 1. The van der Waals surface area contributed by atoms with Gasteiger partial charge < -0.3 is 41.0 Å². The normalized spacial score (nSPS) is 14.0. The fourth-order valence-electron chi connectivity index (χ4n) is 5.77. The monoisotopic (exact) mass is 791 g/mol. The molecule has 0 saturated heterocycles. The lowest BCUT2D eigenvalue weighted by molar-refractivity contribution is -0.153. The summed E-state index contributed by atoms with van der Waals surface area (Å²) in [6.45, 7) is 1.84. The first-order valence-electron chi connectivity index (χ1n) is 17.4. The third-order valence-corrected chi connectivity index (χ3v) is 9.27. The quantitative estimate of drug-likeness (QED) is 0.0799. The van der Waals surface area contributed by atoms with E-state index in [1.807, 2.05) is 6.92 Å². The minimum absolute atomic E-state index is 0.0207. The molecule has 0 aliphatic carbocycles. The van der Waals surface area contributed by atoms with E-state index in [0.29, 0.717) is 24.0 Å². The Morgan fingerprint density at radius 1 is 0.800 bits per heavy atom. The first-order valence-corrected chi connectivity index (χ1v) is 18.7. The second-order valence-corrected chi connectivity index (χ2v) is 14.1. The molecule has 4 amide bonds. The highest BCUT2D eigenvalue weighted by Crippen LogP contribution is 2.23. The van der Waals surface area contributed by atoms with Crippen molar-refractivity contribution in [2.75, 3.05) is 14.1 Å². The van der Waals surface area contributed by atoms with Gasteiger partial charge in [0.05, 0.1) is 18.5 Å². The summed E-state index contributed by atoms with van der Waals surface area (Å²) in [6, 6.07) is 8.33. The Hall–Kier alpha value is -5.40. The summed E-state index contributed by atoms with van der Waals surface area (Å²) in [5.74, 6) is -7.95. The number of amides is 4. The number of carbonyl (C=O) groups excluding carboxylic acids is 5. The summed E-state index contributed by atoms with van der Waals surface area (Å²) >= 11 is 0. The molecule has 5 atom stereocenters. The van der Waals surface area contributed by atoms with E-state index in [4.69, 9.17) is 21.1 Å². The van der Waals surface area contributed by atoms with E-state index >= 15 is 0 Å². The van der Waals surface area contributed by atoms with Crippen molar-refractivity contribution in [3.8, 4) is 5.75 Å². The molecule has 0 aliphatic heterocycles. The van der Waals surface area contributed by atoms with Gasteiger partial charge in [-0.1, -0.05) is 62.2 Å². The zero-order valence-electron chi connectivity index (χ0n) is 30.8. The van der Waals surface area contributed by atoms with Crippen LogP contribution in [0.25, 0.3) is 0 Å². The van der Waals surface area contributed by atoms with Crippen LogP contribution in [0.15, 0.2) is 54.6 Å². The van der Waals surface area contributed by atoms with E-state index in [1.165, 1.54) is 38.4 Å². The van der Waals surface area contributed by atoms with Gasteiger partial charge in [0.15, 0.2) is 5.78 Å². The van der Waals surface area contributed by atoms with Crippen LogP contribution in [0.5, 0.6) is 5.75 Å². The molecule has 0 unspecified atom stereocenters. The van der Waals surface area contributed by atoms with E-state index in [-0.39, 0.29) is 31.4 Å². The number of carboxylic acids is 2. The molecule has 0 aromatic heterocycles. The van der Waals surface area contributed by atoms with E-state index in [0.717, 1.165) is 9.80 Å². The highest BCUT2D eigenvalue weighted by Gasteiger charge is 2.38. The Balaban J connectivity index is 2.42. The molecule has 0 bridgehead atoms. The number of hydrogen-bond acceptors (Lipinski definition) is 11. The van der Waals surface area contributed by atoms with Crippen molar-refractivity contribution in [2.24, 2.45) is 17.4 Å². The molecular formula is C36H49N5O13S. The molecule has 8 N–H and O–H groups in total. The summed E-state index contributed by atoms with van der Waals surface area (Å²) in [6.07, 6.45) is -0.999. The summed E-state index contributed by atoms with van der Waals surface area (Å²) in [5, 5.41) is 21.3. The van der Waals surface area contributed by atoms with E-state index in [9.17, 15) is 47.1 Å². The first kappa shape index (κ1) is 45.8. The third kappa shape index (κ3) is 15.5. The van der Waals surface area contributed by atoms with Crippen LogP contribution < -0.4 is 21.0 Å². The summed E-state index contributed by atoms with van der Waals surface area (Å²) in [4.78, 5) is 92.4. The van der Waals surface area contributed by atoms with Gasteiger partial charge in [-0.3, -0.25) is 38.1 Å². The van der Waals surface area contributed by atoms with Crippen LogP contribution in [0.4, 0.5) is 0 Å². The number of benzene rings is 2. The smallest absolute Gasteiger partial charge is 0.446 e. The topological polar surface area (TPSA) is 294 Å². The van der Waals surface area contributed by atoms with Crippen molar-refractivity contribution in [1.29, 1.82) is 0 Å². The van der Waals surface area contributed by atoms with Crippen molar-refractivity contribution in [3.63, 3.8) is 0 Å². The number of likely N-dealkylation sites (N-methyl/N-ethyl adjacent to an activating group) is 2. The van der Waals surface area contributed by atoms with Gasteiger partial charge >= 0.3 is 22.3 Å². The number of nitrogens with two attached hydrogens (primary N) is 2. The van der Waals surface area contributed by atoms with Crippen LogP contribution in [0.1, 0.15) is 63.0 Å². The van der Waals surface area contributed by atoms with Crippen molar-refractivity contribution in [3.05, 3.63) is 65.7 Å². The fraction of sp³-hybridized carbons (Fsp3) is 0.472. The van der Waals surface area contributed by atoms with E-state index < -0.39 is 101 Å². The van der Waals surface area contributed by atoms with Crippen LogP contribution in [0, 0.1) is 5.92 Å². The predicted octanol–water partition coefficient (Wildman–Crippen LogP) is 0.710. The molecule has 0 spiro atoms. The molecule has 302 valence electrons. The van der Waals surface area contributed by atoms with Crippen LogP contribution in [0.2, 0.25) is 0 Å². The Morgan fingerprint density at radius 3 is 1.91 bits per heavy atom. The van der Waals surface area contributed by atoms with Crippen molar-refractivity contribution < 1.29 is 60.9 Å². The highest BCUT2D eigenvalue weighted by molar-refractivity contribution is 7.81. The molecule has 0 radical (unpaired) electrons. The van der Waals surface area contributed by atoms with Gasteiger partial charge in [-0.05, 0) is 42.5 Å². The summed E-state index contributed by atoms with van der Waals surface area (Å²) < 4.78 is 35.6. The van der Waals surface area contributed by atoms with Crippen molar-refractivity contribution in [2.45, 2.75) is 88.9 Å². The Morgan fingerprint density at radius 2 is 1.38 bits per heavy atom. The molecule has 0 saturated carbocycles. The molecule has 18 nitrogen and oxygen atoms in total. The molecule has 2 aromatic carbocycles. The van der Waals surface area contributed by atoms with E-state index in [2.05, 4.69) is 9.50 Å². The SMILES string of the molecule is CCCC[C@H](CC(=O)[C@H](Cc1ccc(OS(=O)(=O)O)cc1)NC(=O)[C@H](N)CCC(=O)O)C(=O)N(C)[C@H](CC(=O)O)C(=O)N(C)[C@@H](Cc1ccccc1)C(N)=O. The zero-order valence-corrected chi connectivity index (χ0v) is 31.6. The minimum atomic E-state index is -4.82. The predicted molar refractivity (Wildman–Crippen MR) is 196 cm³/mol. The second-order valence-electron chi connectivity index (χ2n) is 13.1. The minimum Gasteiger partial charge on any atom is -0.481 e. The average molecular weight is 792 g/mol. The third-order valence-electron chi connectivity index (χ3n) is 8.86. The lowest BCUT2D eigenvalue weighted by atomic mass is 9.89. The number of carboxylic acid groups (broad SMARTS) is 2. The van der Waals surface area contributed by atoms with Crippen LogP contribution in [-0.2, 0) is 56.8 Å². The molecule has 19 heteroatoms. The number of carbonyl (C=O) groups is 7. The van der Waals surface area contributed by atoms with E-state index in [1.54, 1.807) is 30.3 Å². The lowest BCUT2D eigenvalue weighted by Crippen LogP contribution is -2.56. The second kappa shape index (κ2) is 21.5. The number of Topliss-reactive ketones (excluding diaryl/α,β-unsaturated/α-hetero) is 1. The maximum Gasteiger partial charge on any atom is 0.446 e. The van der Waals surface area contributed by atoms with Gasteiger partial charge in [0.25, 0.3) is 0 Å². The Kier molecular flexibility index (Phi) is 17.9. The first-order chi connectivity index (χ1) is 25.7. The standard InChI is InChI=1S/C36H49N5O13S/c1-4-5-11-24(35(49)41(3)29(21-32(45)46)36(50)40(2)28(33(38)47)19-22-9-7-6-8-10-22)20-30(42)27(39-34(48)26(37)16-17-31(43)44)18-23-12-14-25(15-13-23)54-55(51,52)53/h6-10,12-15,24,26-29H,4-5,11,16-21,37H2,1-3H3,(H2,38,47)(H,39,48)(H,43,44)(H,45,46)(H,51,52,53)/t24-,26-,27+,28+,29-/m1/s1. The largest absolute Gasteiger partial charge is 0.481 e. The summed E-state index contributed by atoms with van der Waals surface area (Å²) in [7, 11) is -2.32. The number of primary amides is 1. The van der Waals surface area contributed by atoms with Crippen LogP contribution in [-0.4, -0.2) is 113 Å². The number of unbranched alkanes of at least 4 members (excludes halogenated alkanes) is 1. The molecular weight excluding hydrogens is 742 g/mol. The molecule has 0 aliphatic rings. The molecule has 2 aromatic rings. The van der Waals surface area contributed by atoms with Gasteiger partial charge in [-0.25, -0.2) is 0 Å². The van der Waals surface area contributed by atoms with Gasteiger partial charge in [0.2, 0.25) is 23.6 Å². The number of rotatable bonds is 24. The Bertz CT molecular complexity index is 1770. The van der Waals surface area contributed by atoms with Gasteiger partial charge in [0.1, 0.15) is 17.8 Å². The average Bonchev–Trinajstić information content (AvgIpc) is 3.12.